The first-order valence-corrected chi connectivity index (χ1v) is 9.24. The Morgan fingerprint density at radius 2 is 1.88 bits per heavy atom. The predicted molar refractivity (Wildman–Crippen MR) is 94.7 cm³/mol. The SMILES string of the molecule is Cc1c(C(C)(C)C)sc(=NC(=O)c2c(F)cccc2F)n1CC1CC1. The largest absolute Gasteiger partial charge is 0.320 e. The number of nitrogens with zero attached hydrogens (tertiary/aromatic N) is 2. The quantitative estimate of drug-likeness (QED) is 0.785. The molecular formula is C19H22F2N2OS. The Hall–Kier alpha value is -1.82. The fraction of sp³-hybridized carbons (Fsp3) is 0.474. The molecule has 1 fully saturated rings. The van der Waals surface area contributed by atoms with Gasteiger partial charge in [-0.1, -0.05) is 26.8 Å². The molecule has 1 saturated carbocycles. The zero-order valence-electron chi connectivity index (χ0n) is 14.9. The van der Waals surface area contributed by atoms with Crippen LogP contribution < -0.4 is 4.80 Å². The van der Waals surface area contributed by atoms with Crippen LogP contribution in [0.2, 0.25) is 0 Å². The molecule has 0 unspecified atom stereocenters. The highest BCUT2D eigenvalue weighted by Gasteiger charge is 2.27. The van der Waals surface area contributed by atoms with E-state index >= 15 is 0 Å². The number of hydrogen-bond donors (Lipinski definition) is 0. The standard InChI is InChI=1S/C19H22F2N2OS/c1-11-16(19(2,3)4)25-18(23(11)10-12-8-9-12)22-17(24)15-13(20)6-5-7-14(15)21/h5-7,12H,8-10H2,1-4H3. The van der Waals surface area contributed by atoms with Crippen molar-refractivity contribution in [2.24, 2.45) is 10.9 Å². The van der Waals surface area contributed by atoms with Gasteiger partial charge in [0.15, 0.2) is 4.80 Å². The van der Waals surface area contributed by atoms with Gasteiger partial charge in [0, 0.05) is 17.1 Å². The zero-order chi connectivity index (χ0) is 18.4. The van der Waals surface area contributed by atoms with E-state index in [4.69, 9.17) is 0 Å². The lowest BCUT2D eigenvalue weighted by Gasteiger charge is -2.17. The Morgan fingerprint density at radius 1 is 1.28 bits per heavy atom. The highest BCUT2D eigenvalue weighted by atomic mass is 32.1. The molecule has 1 aliphatic carbocycles. The average molecular weight is 364 g/mol. The van der Waals surface area contributed by atoms with Crippen LogP contribution in [0.15, 0.2) is 23.2 Å². The van der Waals surface area contributed by atoms with E-state index in [1.54, 1.807) is 0 Å². The number of rotatable bonds is 3. The molecule has 3 nitrogen and oxygen atoms in total. The second-order valence-electron chi connectivity index (χ2n) is 7.62. The van der Waals surface area contributed by atoms with Crippen LogP contribution in [0.4, 0.5) is 8.78 Å². The van der Waals surface area contributed by atoms with Crippen LogP contribution in [0.5, 0.6) is 0 Å². The lowest BCUT2D eigenvalue weighted by atomic mass is 9.93. The summed E-state index contributed by atoms with van der Waals surface area (Å²) in [7, 11) is 0. The molecule has 0 bridgehead atoms. The van der Waals surface area contributed by atoms with Crippen LogP contribution in [-0.2, 0) is 12.0 Å². The molecule has 1 heterocycles. The molecule has 6 heteroatoms. The molecule has 0 spiro atoms. The summed E-state index contributed by atoms with van der Waals surface area (Å²) in [6.45, 7) is 9.14. The van der Waals surface area contributed by atoms with E-state index in [1.807, 2.05) is 11.5 Å². The van der Waals surface area contributed by atoms with Crippen molar-refractivity contribution in [1.29, 1.82) is 0 Å². The van der Waals surface area contributed by atoms with Crippen LogP contribution in [0.1, 0.15) is 54.5 Å². The first kappa shape index (κ1) is 18.0. The summed E-state index contributed by atoms with van der Waals surface area (Å²) in [6, 6.07) is 3.39. The van der Waals surface area contributed by atoms with Gasteiger partial charge < -0.3 is 4.57 Å². The highest BCUT2D eigenvalue weighted by molar-refractivity contribution is 7.09. The van der Waals surface area contributed by atoms with Crippen LogP contribution in [0.25, 0.3) is 0 Å². The summed E-state index contributed by atoms with van der Waals surface area (Å²) in [5.74, 6) is -2.04. The Balaban J connectivity index is 2.11. The number of benzene rings is 1. The van der Waals surface area contributed by atoms with Crippen molar-refractivity contribution < 1.29 is 13.6 Å². The van der Waals surface area contributed by atoms with Gasteiger partial charge in [0.05, 0.1) is 0 Å². The minimum absolute atomic E-state index is 0.0832. The number of amides is 1. The van der Waals surface area contributed by atoms with Crippen molar-refractivity contribution in [3.63, 3.8) is 0 Å². The smallest absolute Gasteiger partial charge is 0.285 e. The molecule has 0 radical (unpaired) electrons. The summed E-state index contributed by atoms with van der Waals surface area (Å²) >= 11 is 1.43. The highest BCUT2D eigenvalue weighted by Crippen LogP contribution is 2.33. The van der Waals surface area contributed by atoms with E-state index in [2.05, 4.69) is 25.8 Å². The number of carbonyl (C=O) groups is 1. The second-order valence-corrected chi connectivity index (χ2v) is 8.59. The third-order valence-corrected chi connectivity index (χ3v) is 5.96. The van der Waals surface area contributed by atoms with Gasteiger partial charge in [-0.15, -0.1) is 11.3 Å². The topological polar surface area (TPSA) is 34.4 Å². The Morgan fingerprint density at radius 3 is 2.40 bits per heavy atom. The van der Waals surface area contributed by atoms with Crippen LogP contribution in [0, 0.1) is 24.5 Å². The monoisotopic (exact) mass is 364 g/mol. The van der Waals surface area contributed by atoms with E-state index in [-0.39, 0.29) is 5.41 Å². The lowest BCUT2D eigenvalue weighted by Crippen LogP contribution is -2.20. The molecule has 0 N–H and O–H groups in total. The van der Waals surface area contributed by atoms with Crippen molar-refractivity contribution in [2.45, 2.75) is 52.5 Å². The van der Waals surface area contributed by atoms with E-state index in [0.717, 1.165) is 29.2 Å². The van der Waals surface area contributed by atoms with Gasteiger partial charge in [0.1, 0.15) is 17.2 Å². The lowest BCUT2D eigenvalue weighted by molar-refractivity contribution is 0.0989. The van der Waals surface area contributed by atoms with Gasteiger partial charge in [0.25, 0.3) is 5.91 Å². The Labute approximate surface area is 150 Å². The fourth-order valence-corrected chi connectivity index (χ4v) is 4.08. The normalized spacial score (nSPS) is 15.7. The Bertz CT molecular complexity index is 866. The molecule has 0 saturated heterocycles. The predicted octanol–water partition coefficient (Wildman–Crippen LogP) is 4.58. The van der Waals surface area contributed by atoms with Gasteiger partial charge in [0.2, 0.25) is 0 Å². The molecule has 1 aromatic carbocycles. The summed E-state index contributed by atoms with van der Waals surface area (Å²) < 4.78 is 29.8. The van der Waals surface area contributed by atoms with E-state index < -0.39 is 23.1 Å². The first-order valence-electron chi connectivity index (χ1n) is 8.42. The van der Waals surface area contributed by atoms with Crippen molar-refractivity contribution >= 4 is 17.2 Å². The van der Waals surface area contributed by atoms with Gasteiger partial charge in [-0.05, 0) is 43.2 Å². The molecule has 1 aliphatic rings. The average Bonchev–Trinajstić information content (AvgIpc) is 3.25. The number of halogens is 2. The van der Waals surface area contributed by atoms with Crippen LogP contribution in [-0.4, -0.2) is 10.5 Å². The van der Waals surface area contributed by atoms with Gasteiger partial charge in [-0.2, -0.15) is 4.99 Å². The molecule has 134 valence electrons. The van der Waals surface area contributed by atoms with Crippen LogP contribution in [0.3, 0.4) is 0 Å². The van der Waals surface area contributed by atoms with Crippen molar-refractivity contribution in [3.05, 3.63) is 50.8 Å². The van der Waals surface area contributed by atoms with E-state index in [0.29, 0.717) is 10.7 Å². The van der Waals surface area contributed by atoms with Gasteiger partial charge in [-0.3, -0.25) is 4.79 Å². The number of carbonyl (C=O) groups excluding carboxylic acids is 1. The molecule has 2 aromatic rings. The molecular weight excluding hydrogens is 342 g/mol. The second kappa shape index (κ2) is 6.48. The van der Waals surface area contributed by atoms with Crippen LogP contribution >= 0.6 is 11.3 Å². The number of hydrogen-bond acceptors (Lipinski definition) is 2. The number of thiazole rings is 1. The third-order valence-electron chi connectivity index (χ3n) is 4.35. The van der Waals surface area contributed by atoms with Crippen molar-refractivity contribution in [3.8, 4) is 0 Å². The third kappa shape index (κ3) is 3.73. The first-order chi connectivity index (χ1) is 11.7. The van der Waals surface area contributed by atoms with Crippen molar-refractivity contribution in [2.75, 3.05) is 0 Å². The number of aromatic nitrogens is 1. The van der Waals surface area contributed by atoms with Gasteiger partial charge in [-0.25, -0.2) is 8.78 Å². The minimum Gasteiger partial charge on any atom is -0.320 e. The molecule has 0 aliphatic heterocycles. The summed E-state index contributed by atoms with van der Waals surface area (Å²) in [5.41, 5.74) is 0.397. The zero-order valence-corrected chi connectivity index (χ0v) is 15.7. The van der Waals surface area contributed by atoms with Crippen molar-refractivity contribution in [1.82, 2.24) is 4.57 Å². The molecule has 1 amide bonds. The molecule has 25 heavy (non-hydrogen) atoms. The summed E-state index contributed by atoms with van der Waals surface area (Å²) in [6.07, 6.45) is 2.34. The maximum Gasteiger partial charge on any atom is 0.285 e. The maximum atomic E-state index is 13.9. The summed E-state index contributed by atoms with van der Waals surface area (Å²) in [4.78, 5) is 18.2. The maximum absolute atomic E-state index is 13.9. The fourth-order valence-electron chi connectivity index (χ4n) is 2.88. The van der Waals surface area contributed by atoms with E-state index in [9.17, 15) is 13.6 Å². The minimum atomic E-state index is -0.883. The molecule has 3 rings (SSSR count). The summed E-state index contributed by atoms with van der Waals surface area (Å²) in [5, 5.41) is 0. The molecule has 0 atom stereocenters. The Kier molecular flexibility index (Phi) is 4.66. The van der Waals surface area contributed by atoms with Gasteiger partial charge >= 0.3 is 0 Å². The molecule has 1 aromatic heterocycles. The van der Waals surface area contributed by atoms with E-state index in [1.165, 1.54) is 30.2 Å².